The highest BCUT2D eigenvalue weighted by Crippen LogP contribution is 2.29. The maximum atomic E-state index is 13.5. The molecule has 1 aliphatic heterocycles. The Kier molecular flexibility index (Phi) is 10.2. The van der Waals surface area contributed by atoms with Crippen molar-refractivity contribution in [3.05, 3.63) is 23.5 Å². The minimum atomic E-state index is -0.244. The zero-order valence-corrected chi connectivity index (χ0v) is 19.8. The van der Waals surface area contributed by atoms with Crippen molar-refractivity contribution in [3.63, 3.8) is 0 Å². The van der Waals surface area contributed by atoms with Crippen LogP contribution in [-0.4, -0.2) is 54.7 Å². The van der Waals surface area contributed by atoms with Crippen LogP contribution < -0.4 is 10.2 Å². The molecule has 0 bridgehead atoms. The van der Waals surface area contributed by atoms with Gasteiger partial charge < -0.3 is 19.6 Å². The first kappa shape index (κ1) is 25.1. The van der Waals surface area contributed by atoms with Crippen LogP contribution in [0.25, 0.3) is 11.0 Å². The number of aryl methyl sites for hydroxylation is 1. The van der Waals surface area contributed by atoms with Gasteiger partial charge in [0, 0.05) is 45.2 Å². The number of carbonyl (C=O) groups excluding carboxylic acids is 1. The highest BCUT2D eigenvalue weighted by atomic mass is 19.1. The molecule has 0 atom stereocenters. The maximum Gasteiger partial charge on any atom is 0.217 e. The Morgan fingerprint density at radius 1 is 1.16 bits per heavy atom. The van der Waals surface area contributed by atoms with E-state index in [9.17, 15) is 9.18 Å². The first-order valence-corrected chi connectivity index (χ1v) is 11.8. The highest BCUT2D eigenvalue weighted by Gasteiger charge is 2.21. The van der Waals surface area contributed by atoms with Crippen molar-refractivity contribution < 1.29 is 13.7 Å². The van der Waals surface area contributed by atoms with Crippen LogP contribution in [-0.2, 0) is 4.79 Å². The van der Waals surface area contributed by atoms with Gasteiger partial charge in [0.2, 0.25) is 5.91 Å². The van der Waals surface area contributed by atoms with E-state index in [4.69, 9.17) is 4.52 Å². The number of hydrogen-bond donors (Lipinski definition) is 1. The van der Waals surface area contributed by atoms with Gasteiger partial charge in [-0.15, -0.1) is 0 Å². The second-order valence-electron chi connectivity index (χ2n) is 8.06. The van der Waals surface area contributed by atoms with Crippen molar-refractivity contribution in [2.24, 2.45) is 0 Å². The second kappa shape index (κ2) is 12.6. The predicted molar refractivity (Wildman–Crippen MR) is 125 cm³/mol. The minimum absolute atomic E-state index is 0.118. The van der Waals surface area contributed by atoms with Crippen molar-refractivity contribution >= 4 is 22.7 Å². The number of carbonyl (C=O) groups is 1. The average molecular weight is 435 g/mol. The monoisotopic (exact) mass is 434 g/mol. The molecule has 2 fully saturated rings. The Hall–Kier alpha value is -2.15. The quantitative estimate of drug-likeness (QED) is 0.745. The number of nitrogens with zero attached hydrogens (tertiary/aromatic N) is 3. The maximum absolute atomic E-state index is 13.5. The van der Waals surface area contributed by atoms with E-state index in [1.54, 1.807) is 13.8 Å². The average Bonchev–Trinajstić information content (AvgIpc) is 3.19. The highest BCUT2D eigenvalue weighted by molar-refractivity contribution is 5.89. The van der Waals surface area contributed by atoms with Gasteiger partial charge in [-0.3, -0.25) is 4.79 Å². The van der Waals surface area contributed by atoms with E-state index in [2.05, 4.69) is 27.2 Å². The van der Waals surface area contributed by atoms with Gasteiger partial charge in [0.05, 0.1) is 5.39 Å². The first-order chi connectivity index (χ1) is 15.0. The number of piperazine rings is 1. The summed E-state index contributed by atoms with van der Waals surface area (Å²) in [6.45, 7) is 14.5. The van der Waals surface area contributed by atoms with Crippen molar-refractivity contribution in [1.29, 1.82) is 0 Å². The molecule has 31 heavy (non-hydrogen) atoms. The van der Waals surface area contributed by atoms with Gasteiger partial charge in [-0.25, -0.2) is 4.39 Å². The molecule has 0 spiro atoms. The molecule has 7 heteroatoms. The number of aromatic nitrogens is 1. The molecule has 0 radical (unpaired) electrons. The molecule has 4 rings (SSSR count). The number of hydrogen-bond acceptors (Lipinski definition) is 5. The summed E-state index contributed by atoms with van der Waals surface area (Å²) >= 11 is 0. The Bertz CT molecular complexity index is 809. The number of amides is 1. The normalized spacial score (nSPS) is 17.4. The number of likely N-dealkylation sites (N-methyl/N-ethyl adjacent to an activating group) is 1. The number of nitrogens with one attached hydrogen (secondary N) is 1. The SMILES string of the molecule is CC.CC(=O)NC1CCCCC1.CCN1CCN(c2noc3cc(F)c(C)cc23)CC1. The van der Waals surface area contributed by atoms with Gasteiger partial charge in [0.25, 0.3) is 0 Å². The molecule has 1 saturated carbocycles. The van der Waals surface area contributed by atoms with Gasteiger partial charge in [0.1, 0.15) is 5.82 Å². The van der Waals surface area contributed by atoms with Gasteiger partial charge in [-0.2, -0.15) is 0 Å². The van der Waals surface area contributed by atoms with Gasteiger partial charge in [-0.1, -0.05) is 45.2 Å². The summed E-state index contributed by atoms with van der Waals surface area (Å²) in [5.41, 5.74) is 1.15. The van der Waals surface area contributed by atoms with E-state index in [0.29, 0.717) is 17.2 Å². The van der Waals surface area contributed by atoms with E-state index >= 15 is 0 Å². The number of rotatable bonds is 3. The molecular weight excluding hydrogens is 395 g/mol. The lowest BCUT2D eigenvalue weighted by molar-refractivity contribution is -0.119. The smallest absolute Gasteiger partial charge is 0.217 e. The van der Waals surface area contributed by atoms with Crippen molar-refractivity contribution in [2.75, 3.05) is 37.6 Å². The second-order valence-corrected chi connectivity index (χ2v) is 8.06. The molecule has 0 unspecified atom stereocenters. The zero-order valence-electron chi connectivity index (χ0n) is 19.8. The Labute approximate surface area is 186 Å². The molecule has 1 aromatic carbocycles. The third-order valence-electron chi connectivity index (χ3n) is 5.86. The fourth-order valence-corrected chi connectivity index (χ4v) is 4.09. The van der Waals surface area contributed by atoms with Crippen LogP contribution in [0.1, 0.15) is 65.4 Å². The molecule has 1 amide bonds. The topological polar surface area (TPSA) is 61.6 Å². The van der Waals surface area contributed by atoms with Gasteiger partial charge >= 0.3 is 0 Å². The minimum Gasteiger partial charge on any atom is -0.354 e. The third kappa shape index (κ3) is 7.20. The van der Waals surface area contributed by atoms with E-state index in [1.165, 1.54) is 38.2 Å². The largest absolute Gasteiger partial charge is 0.354 e. The number of benzene rings is 1. The molecule has 6 nitrogen and oxygen atoms in total. The zero-order chi connectivity index (χ0) is 22.8. The molecule has 2 heterocycles. The molecule has 2 aliphatic rings. The van der Waals surface area contributed by atoms with E-state index < -0.39 is 0 Å². The van der Waals surface area contributed by atoms with Crippen LogP contribution in [0.3, 0.4) is 0 Å². The molecule has 2 aromatic rings. The lowest BCUT2D eigenvalue weighted by Gasteiger charge is -2.33. The van der Waals surface area contributed by atoms with Crippen LogP contribution in [0.15, 0.2) is 16.7 Å². The van der Waals surface area contributed by atoms with E-state index in [0.717, 1.165) is 43.9 Å². The predicted octanol–water partition coefficient (Wildman–Crippen LogP) is 4.90. The summed E-state index contributed by atoms with van der Waals surface area (Å²) in [6.07, 6.45) is 6.27. The van der Waals surface area contributed by atoms with Crippen LogP contribution in [0.5, 0.6) is 0 Å². The first-order valence-electron chi connectivity index (χ1n) is 11.8. The van der Waals surface area contributed by atoms with Crippen molar-refractivity contribution in [3.8, 4) is 0 Å². The Morgan fingerprint density at radius 3 is 2.39 bits per heavy atom. The summed E-state index contributed by atoms with van der Waals surface area (Å²) < 4.78 is 18.7. The van der Waals surface area contributed by atoms with Crippen molar-refractivity contribution in [1.82, 2.24) is 15.4 Å². The Balaban J connectivity index is 0.000000241. The fourth-order valence-electron chi connectivity index (χ4n) is 4.09. The molecule has 1 aromatic heterocycles. The van der Waals surface area contributed by atoms with Crippen LogP contribution in [0, 0.1) is 12.7 Å². The lowest BCUT2D eigenvalue weighted by atomic mass is 9.95. The lowest BCUT2D eigenvalue weighted by Crippen LogP contribution is -2.46. The van der Waals surface area contributed by atoms with Crippen LogP contribution in [0.4, 0.5) is 10.2 Å². The van der Waals surface area contributed by atoms with Gasteiger partial charge in [-0.05, 0) is 37.9 Å². The van der Waals surface area contributed by atoms with E-state index in [1.807, 2.05) is 19.9 Å². The molecule has 1 aliphatic carbocycles. The molecular formula is C24H39FN4O2. The Morgan fingerprint density at radius 2 is 1.81 bits per heavy atom. The summed E-state index contributed by atoms with van der Waals surface area (Å²) in [7, 11) is 0. The van der Waals surface area contributed by atoms with Crippen LogP contribution in [0.2, 0.25) is 0 Å². The number of fused-ring (bicyclic) bond motifs is 1. The number of halogens is 1. The summed E-state index contributed by atoms with van der Waals surface area (Å²) in [5.74, 6) is 0.715. The number of anilines is 1. The molecule has 1 saturated heterocycles. The fraction of sp³-hybridized carbons (Fsp3) is 0.667. The van der Waals surface area contributed by atoms with Gasteiger partial charge in [0.15, 0.2) is 11.4 Å². The van der Waals surface area contributed by atoms with Crippen LogP contribution >= 0.6 is 0 Å². The summed E-state index contributed by atoms with van der Waals surface area (Å²) in [6, 6.07) is 3.72. The summed E-state index contributed by atoms with van der Waals surface area (Å²) in [5, 5.41) is 7.97. The molecule has 174 valence electrons. The van der Waals surface area contributed by atoms with E-state index in [-0.39, 0.29) is 11.7 Å². The molecule has 1 N–H and O–H groups in total. The standard InChI is InChI=1S/C14H18FN3O.C8H15NO.C2H6/c1-3-17-4-6-18(7-5-17)14-11-8-10(2)12(15)9-13(11)19-16-14;1-7(10)9-8-5-3-2-4-6-8;1-2/h8-9H,3-7H2,1-2H3;8H,2-6H2,1H3,(H,9,10);1-2H3. The van der Waals surface area contributed by atoms with Crippen molar-refractivity contribution in [2.45, 2.75) is 72.8 Å². The summed E-state index contributed by atoms with van der Waals surface area (Å²) in [4.78, 5) is 15.2. The third-order valence-corrected chi connectivity index (χ3v) is 5.86.